The molecule has 1 aromatic heterocycles. The average molecular weight is 314 g/mol. The van der Waals surface area contributed by atoms with Gasteiger partial charge in [0.05, 0.1) is 24.9 Å². The molecule has 23 heavy (non-hydrogen) atoms. The van der Waals surface area contributed by atoms with Crippen molar-refractivity contribution < 1.29 is 9.47 Å². The highest BCUT2D eigenvalue weighted by atomic mass is 16.6. The highest BCUT2D eigenvalue weighted by Crippen LogP contribution is 2.30. The van der Waals surface area contributed by atoms with Crippen LogP contribution >= 0.6 is 0 Å². The van der Waals surface area contributed by atoms with Crippen LogP contribution in [0.2, 0.25) is 0 Å². The van der Waals surface area contributed by atoms with E-state index in [1.807, 2.05) is 35.0 Å². The van der Waals surface area contributed by atoms with Gasteiger partial charge in [0.1, 0.15) is 17.8 Å². The zero-order valence-corrected chi connectivity index (χ0v) is 13.4. The number of benzene rings is 1. The van der Waals surface area contributed by atoms with Crippen LogP contribution < -0.4 is 0 Å². The third kappa shape index (κ3) is 3.02. The van der Waals surface area contributed by atoms with Gasteiger partial charge in [-0.25, -0.2) is 9.67 Å². The van der Waals surface area contributed by atoms with Crippen LogP contribution in [-0.2, 0) is 16.0 Å². The Kier molecular flexibility index (Phi) is 3.88. The van der Waals surface area contributed by atoms with E-state index in [2.05, 4.69) is 21.9 Å². The maximum absolute atomic E-state index is 6.19. The van der Waals surface area contributed by atoms with Gasteiger partial charge in [-0.05, 0) is 19.1 Å². The Bertz CT molecular complexity index is 652. The number of hydrogen-bond acceptors (Lipinski definition) is 5. The lowest BCUT2D eigenvalue weighted by Gasteiger charge is -2.42. The second-order valence-electron chi connectivity index (χ2n) is 6.51. The molecule has 4 rings (SSSR count). The third-order valence-electron chi connectivity index (χ3n) is 4.53. The van der Waals surface area contributed by atoms with Crippen molar-refractivity contribution in [3.05, 3.63) is 42.5 Å². The standard InChI is InChI=1S/C17H22N4O2/c1-14-9-20(11-17(23-14)7-8-22-12-17)10-16-18-13-19-21(16)15-5-3-2-4-6-15/h2-6,13-14H,7-12H2,1H3/t14-,17+/m1/s1. The molecule has 2 aliphatic rings. The van der Waals surface area contributed by atoms with Gasteiger partial charge in [-0.15, -0.1) is 0 Å². The van der Waals surface area contributed by atoms with E-state index in [1.54, 1.807) is 6.33 Å². The summed E-state index contributed by atoms with van der Waals surface area (Å²) in [5.41, 5.74) is 0.898. The van der Waals surface area contributed by atoms with Crippen molar-refractivity contribution in [1.82, 2.24) is 19.7 Å². The van der Waals surface area contributed by atoms with Crippen LogP contribution in [0.5, 0.6) is 0 Å². The molecule has 1 aromatic carbocycles. The molecule has 122 valence electrons. The number of morpholine rings is 1. The van der Waals surface area contributed by atoms with Crippen LogP contribution in [0.15, 0.2) is 36.7 Å². The molecule has 3 heterocycles. The second-order valence-corrected chi connectivity index (χ2v) is 6.51. The first-order valence-electron chi connectivity index (χ1n) is 8.16. The second kappa shape index (κ2) is 6.03. The minimum atomic E-state index is -0.144. The first-order chi connectivity index (χ1) is 11.2. The number of aromatic nitrogens is 3. The van der Waals surface area contributed by atoms with Crippen LogP contribution in [-0.4, -0.2) is 57.7 Å². The van der Waals surface area contributed by atoms with Gasteiger partial charge >= 0.3 is 0 Å². The predicted molar refractivity (Wildman–Crippen MR) is 85.4 cm³/mol. The van der Waals surface area contributed by atoms with Crippen molar-refractivity contribution in [1.29, 1.82) is 0 Å². The summed E-state index contributed by atoms with van der Waals surface area (Å²) in [7, 11) is 0. The monoisotopic (exact) mass is 314 g/mol. The van der Waals surface area contributed by atoms with Gasteiger partial charge in [0.15, 0.2) is 0 Å². The molecule has 6 heteroatoms. The Hall–Kier alpha value is -1.76. The molecule has 6 nitrogen and oxygen atoms in total. The van der Waals surface area contributed by atoms with E-state index >= 15 is 0 Å². The molecule has 0 bridgehead atoms. The normalized spacial score (nSPS) is 28.5. The van der Waals surface area contributed by atoms with Gasteiger partial charge in [0, 0.05) is 26.1 Å². The molecular formula is C17H22N4O2. The molecule has 0 radical (unpaired) electrons. The fourth-order valence-corrected chi connectivity index (χ4v) is 3.62. The maximum atomic E-state index is 6.19. The Morgan fingerprint density at radius 1 is 1.30 bits per heavy atom. The van der Waals surface area contributed by atoms with Crippen LogP contribution in [0, 0.1) is 0 Å². The van der Waals surface area contributed by atoms with Crippen LogP contribution in [0.4, 0.5) is 0 Å². The molecule has 0 amide bonds. The summed E-state index contributed by atoms with van der Waals surface area (Å²) in [5.74, 6) is 0.958. The summed E-state index contributed by atoms with van der Waals surface area (Å²) in [6, 6.07) is 10.1. The van der Waals surface area contributed by atoms with Crippen molar-refractivity contribution in [3.8, 4) is 5.69 Å². The SMILES string of the molecule is C[C@@H]1CN(Cc2ncnn2-c2ccccc2)C[C@]2(CCOC2)O1. The zero-order chi connectivity index (χ0) is 15.7. The van der Waals surface area contributed by atoms with Crippen molar-refractivity contribution in [3.63, 3.8) is 0 Å². The van der Waals surface area contributed by atoms with E-state index in [0.29, 0.717) is 6.61 Å². The highest BCUT2D eigenvalue weighted by Gasteiger charge is 2.42. The lowest BCUT2D eigenvalue weighted by atomic mass is 9.99. The smallest absolute Gasteiger partial charge is 0.146 e. The summed E-state index contributed by atoms with van der Waals surface area (Å²) in [6.07, 6.45) is 2.80. The van der Waals surface area contributed by atoms with Crippen LogP contribution in [0.3, 0.4) is 0 Å². The molecule has 2 saturated heterocycles. The molecule has 2 aromatic rings. The third-order valence-corrected chi connectivity index (χ3v) is 4.53. The Morgan fingerprint density at radius 2 is 2.17 bits per heavy atom. The van der Waals surface area contributed by atoms with E-state index in [9.17, 15) is 0 Å². The maximum Gasteiger partial charge on any atom is 0.146 e. The van der Waals surface area contributed by atoms with Gasteiger partial charge in [-0.2, -0.15) is 5.10 Å². The number of nitrogens with zero attached hydrogens (tertiary/aromatic N) is 4. The molecule has 2 fully saturated rings. The van der Waals surface area contributed by atoms with E-state index in [0.717, 1.165) is 44.2 Å². The van der Waals surface area contributed by atoms with Crippen molar-refractivity contribution in [2.45, 2.75) is 31.6 Å². The molecule has 2 aliphatic heterocycles. The molecule has 0 saturated carbocycles. The summed E-state index contributed by atoms with van der Waals surface area (Å²) >= 11 is 0. The fraction of sp³-hybridized carbons (Fsp3) is 0.529. The molecule has 1 spiro atoms. The van der Waals surface area contributed by atoms with Gasteiger partial charge in [0.2, 0.25) is 0 Å². The van der Waals surface area contributed by atoms with Crippen LogP contribution in [0.25, 0.3) is 5.69 Å². The summed E-state index contributed by atoms with van der Waals surface area (Å²) in [4.78, 5) is 6.87. The van der Waals surface area contributed by atoms with Crippen molar-refractivity contribution in [2.24, 2.45) is 0 Å². The highest BCUT2D eigenvalue weighted by molar-refractivity contribution is 5.30. The molecular weight excluding hydrogens is 292 g/mol. The minimum absolute atomic E-state index is 0.144. The van der Waals surface area contributed by atoms with Gasteiger partial charge in [-0.1, -0.05) is 18.2 Å². The first kappa shape index (κ1) is 14.8. The van der Waals surface area contributed by atoms with E-state index in [4.69, 9.17) is 9.47 Å². The average Bonchev–Trinajstić information content (AvgIpc) is 3.17. The summed E-state index contributed by atoms with van der Waals surface area (Å²) in [6.45, 7) is 6.18. The molecule has 0 aliphatic carbocycles. The van der Waals surface area contributed by atoms with E-state index < -0.39 is 0 Å². The van der Waals surface area contributed by atoms with Crippen LogP contribution in [0.1, 0.15) is 19.2 Å². The van der Waals surface area contributed by atoms with Crippen molar-refractivity contribution in [2.75, 3.05) is 26.3 Å². The van der Waals surface area contributed by atoms with Gasteiger partial charge in [-0.3, -0.25) is 4.90 Å². The van der Waals surface area contributed by atoms with Gasteiger partial charge < -0.3 is 9.47 Å². The fourth-order valence-electron chi connectivity index (χ4n) is 3.62. The molecule has 2 atom stereocenters. The lowest BCUT2D eigenvalue weighted by molar-refractivity contribution is -0.149. The Balaban J connectivity index is 1.53. The van der Waals surface area contributed by atoms with Gasteiger partial charge in [0.25, 0.3) is 0 Å². The molecule has 0 N–H and O–H groups in total. The Morgan fingerprint density at radius 3 is 2.96 bits per heavy atom. The molecule has 0 unspecified atom stereocenters. The van der Waals surface area contributed by atoms with Crippen molar-refractivity contribution >= 4 is 0 Å². The quantitative estimate of drug-likeness (QED) is 0.862. The lowest BCUT2D eigenvalue weighted by Crippen LogP contribution is -2.55. The minimum Gasteiger partial charge on any atom is -0.378 e. The Labute approximate surface area is 136 Å². The number of para-hydroxylation sites is 1. The largest absolute Gasteiger partial charge is 0.378 e. The number of ether oxygens (including phenoxy) is 2. The summed E-state index contributed by atoms with van der Waals surface area (Å²) < 4.78 is 13.7. The number of rotatable bonds is 3. The van der Waals surface area contributed by atoms with E-state index in [1.165, 1.54) is 0 Å². The van der Waals surface area contributed by atoms with E-state index in [-0.39, 0.29) is 11.7 Å². The first-order valence-corrected chi connectivity index (χ1v) is 8.16. The zero-order valence-electron chi connectivity index (χ0n) is 13.4. The number of hydrogen-bond donors (Lipinski definition) is 0. The topological polar surface area (TPSA) is 52.4 Å². The predicted octanol–water partition coefficient (Wildman–Crippen LogP) is 1.65. The summed E-state index contributed by atoms with van der Waals surface area (Å²) in [5, 5.41) is 4.38.